The molecular formula is C17H25N3O4. The van der Waals surface area contributed by atoms with Crippen LogP contribution in [0.25, 0.3) is 0 Å². The third-order valence-electron chi connectivity index (χ3n) is 4.18. The summed E-state index contributed by atoms with van der Waals surface area (Å²) in [6.45, 7) is 6.02. The number of methoxy groups -OCH3 is 1. The summed E-state index contributed by atoms with van der Waals surface area (Å²) in [4.78, 5) is 21.6. The van der Waals surface area contributed by atoms with Gasteiger partial charge in [-0.3, -0.25) is 9.69 Å². The lowest BCUT2D eigenvalue weighted by Crippen LogP contribution is -2.42. The molecule has 0 amide bonds. The SMILES string of the molecule is C=CCC[C@@H](CN1CCC(C(=O)O)CC1)Oc1nccc(OC)n1. The van der Waals surface area contributed by atoms with Gasteiger partial charge in [-0.05, 0) is 38.8 Å². The van der Waals surface area contributed by atoms with E-state index in [1.54, 1.807) is 19.4 Å². The third-order valence-corrected chi connectivity index (χ3v) is 4.18. The number of ether oxygens (including phenoxy) is 2. The zero-order chi connectivity index (χ0) is 17.4. The van der Waals surface area contributed by atoms with Gasteiger partial charge in [-0.1, -0.05) is 6.08 Å². The number of allylic oxidation sites excluding steroid dienone is 1. The Morgan fingerprint density at radius 3 is 2.92 bits per heavy atom. The molecule has 1 aliphatic rings. The number of rotatable bonds is 9. The van der Waals surface area contributed by atoms with E-state index in [9.17, 15) is 4.79 Å². The predicted octanol–water partition coefficient (Wildman–Crippen LogP) is 2.00. The minimum atomic E-state index is -0.695. The number of carboxylic acid groups (broad SMARTS) is 1. The van der Waals surface area contributed by atoms with Crippen LogP contribution in [-0.4, -0.2) is 58.8 Å². The normalized spacial score (nSPS) is 17.2. The van der Waals surface area contributed by atoms with Gasteiger partial charge < -0.3 is 14.6 Å². The number of hydrogen-bond donors (Lipinski definition) is 1. The molecule has 0 radical (unpaired) electrons. The highest BCUT2D eigenvalue weighted by Gasteiger charge is 2.26. The monoisotopic (exact) mass is 335 g/mol. The topological polar surface area (TPSA) is 84.8 Å². The van der Waals surface area contributed by atoms with Gasteiger partial charge in [0, 0.05) is 18.8 Å². The fourth-order valence-electron chi connectivity index (χ4n) is 2.79. The van der Waals surface area contributed by atoms with Gasteiger partial charge in [0.1, 0.15) is 6.10 Å². The van der Waals surface area contributed by atoms with E-state index in [1.165, 1.54) is 0 Å². The number of piperidine rings is 1. The number of carbonyl (C=O) groups is 1. The van der Waals surface area contributed by atoms with Crippen LogP contribution >= 0.6 is 0 Å². The van der Waals surface area contributed by atoms with Crippen molar-refractivity contribution in [2.45, 2.75) is 31.8 Å². The quantitative estimate of drug-likeness (QED) is 0.691. The van der Waals surface area contributed by atoms with Crippen LogP contribution in [0.5, 0.6) is 11.9 Å². The van der Waals surface area contributed by atoms with Crippen LogP contribution in [0.1, 0.15) is 25.7 Å². The summed E-state index contributed by atoms with van der Waals surface area (Å²) in [5.41, 5.74) is 0. The summed E-state index contributed by atoms with van der Waals surface area (Å²) in [5.74, 6) is -0.459. The summed E-state index contributed by atoms with van der Waals surface area (Å²) in [7, 11) is 1.55. The number of carboxylic acids is 1. The Kier molecular flexibility index (Phi) is 6.99. The van der Waals surface area contributed by atoms with Crippen molar-refractivity contribution in [2.75, 3.05) is 26.7 Å². The molecule has 0 unspecified atom stereocenters. The van der Waals surface area contributed by atoms with Crippen LogP contribution in [0, 0.1) is 5.92 Å². The van der Waals surface area contributed by atoms with Crippen LogP contribution in [0.2, 0.25) is 0 Å². The van der Waals surface area contributed by atoms with Crippen molar-refractivity contribution < 1.29 is 19.4 Å². The lowest BCUT2D eigenvalue weighted by Gasteiger charge is -2.32. The number of aromatic nitrogens is 2. The molecule has 2 heterocycles. The largest absolute Gasteiger partial charge is 0.481 e. The van der Waals surface area contributed by atoms with E-state index in [1.807, 2.05) is 6.08 Å². The Balaban J connectivity index is 1.92. The van der Waals surface area contributed by atoms with Gasteiger partial charge in [0.25, 0.3) is 0 Å². The molecule has 2 rings (SSSR count). The van der Waals surface area contributed by atoms with Crippen molar-refractivity contribution in [3.63, 3.8) is 0 Å². The Morgan fingerprint density at radius 1 is 1.54 bits per heavy atom. The first kappa shape index (κ1) is 18.2. The van der Waals surface area contributed by atoms with Gasteiger partial charge >= 0.3 is 12.0 Å². The summed E-state index contributed by atoms with van der Waals surface area (Å²) >= 11 is 0. The van der Waals surface area contributed by atoms with E-state index in [4.69, 9.17) is 14.6 Å². The van der Waals surface area contributed by atoms with E-state index in [2.05, 4.69) is 21.4 Å². The Morgan fingerprint density at radius 2 is 2.29 bits per heavy atom. The van der Waals surface area contributed by atoms with Crippen LogP contribution in [0.4, 0.5) is 0 Å². The molecule has 1 aromatic rings. The number of aliphatic carboxylic acids is 1. The highest BCUT2D eigenvalue weighted by Crippen LogP contribution is 2.19. The maximum atomic E-state index is 11.0. The number of nitrogens with zero attached hydrogens (tertiary/aromatic N) is 3. The van der Waals surface area contributed by atoms with Crippen molar-refractivity contribution in [2.24, 2.45) is 5.92 Å². The maximum absolute atomic E-state index is 11.0. The van der Waals surface area contributed by atoms with E-state index in [-0.39, 0.29) is 12.0 Å². The molecule has 0 saturated carbocycles. The molecular weight excluding hydrogens is 310 g/mol. The van der Waals surface area contributed by atoms with Crippen molar-refractivity contribution >= 4 is 5.97 Å². The minimum Gasteiger partial charge on any atom is -0.481 e. The van der Waals surface area contributed by atoms with Crippen molar-refractivity contribution in [3.05, 3.63) is 24.9 Å². The molecule has 1 aliphatic heterocycles. The van der Waals surface area contributed by atoms with Crippen LogP contribution in [0.3, 0.4) is 0 Å². The second-order valence-corrected chi connectivity index (χ2v) is 5.90. The molecule has 0 aromatic carbocycles. The zero-order valence-corrected chi connectivity index (χ0v) is 14.1. The first-order chi connectivity index (χ1) is 11.6. The molecule has 1 N–H and O–H groups in total. The highest BCUT2D eigenvalue weighted by atomic mass is 16.5. The number of hydrogen-bond acceptors (Lipinski definition) is 6. The molecule has 0 aliphatic carbocycles. The highest BCUT2D eigenvalue weighted by molar-refractivity contribution is 5.70. The van der Waals surface area contributed by atoms with Gasteiger partial charge in [0.15, 0.2) is 0 Å². The third kappa shape index (κ3) is 5.49. The molecule has 24 heavy (non-hydrogen) atoms. The predicted molar refractivity (Wildman–Crippen MR) is 89.2 cm³/mol. The maximum Gasteiger partial charge on any atom is 0.319 e. The molecule has 7 heteroatoms. The molecule has 1 atom stereocenters. The molecule has 1 saturated heterocycles. The van der Waals surface area contributed by atoms with E-state index in [0.717, 1.165) is 32.5 Å². The van der Waals surface area contributed by atoms with Gasteiger partial charge in [-0.2, -0.15) is 4.98 Å². The zero-order valence-electron chi connectivity index (χ0n) is 14.1. The smallest absolute Gasteiger partial charge is 0.319 e. The fourth-order valence-corrected chi connectivity index (χ4v) is 2.79. The van der Waals surface area contributed by atoms with Crippen LogP contribution in [-0.2, 0) is 4.79 Å². The van der Waals surface area contributed by atoms with Crippen molar-refractivity contribution in [3.8, 4) is 11.9 Å². The molecule has 0 bridgehead atoms. The van der Waals surface area contributed by atoms with Gasteiger partial charge in [-0.25, -0.2) is 4.98 Å². The van der Waals surface area contributed by atoms with Gasteiger partial charge in [0.05, 0.1) is 13.0 Å². The molecule has 0 spiro atoms. The minimum absolute atomic E-state index is 0.0727. The summed E-state index contributed by atoms with van der Waals surface area (Å²) in [6.07, 6.45) is 6.39. The Labute approximate surface area is 142 Å². The van der Waals surface area contributed by atoms with Crippen LogP contribution in [0.15, 0.2) is 24.9 Å². The van der Waals surface area contributed by atoms with Crippen molar-refractivity contribution in [1.29, 1.82) is 0 Å². The standard InChI is InChI=1S/C17H25N3O4/c1-3-4-5-14(24-17-18-9-6-15(19-17)23-2)12-20-10-7-13(8-11-20)16(21)22/h3,6,9,13-14H,1,4-5,7-8,10-12H2,2H3,(H,21,22)/t14-/m0/s1. The Hall–Kier alpha value is -2.15. The molecule has 1 fully saturated rings. The molecule has 132 valence electrons. The summed E-state index contributed by atoms with van der Waals surface area (Å²) in [6, 6.07) is 1.96. The van der Waals surface area contributed by atoms with Gasteiger partial charge in [0.2, 0.25) is 5.88 Å². The average molecular weight is 335 g/mol. The van der Waals surface area contributed by atoms with E-state index >= 15 is 0 Å². The van der Waals surface area contributed by atoms with E-state index in [0.29, 0.717) is 24.7 Å². The molecule has 7 nitrogen and oxygen atoms in total. The summed E-state index contributed by atoms with van der Waals surface area (Å²) < 4.78 is 11.0. The first-order valence-electron chi connectivity index (χ1n) is 8.22. The molecule has 1 aromatic heterocycles. The fraction of sp³-hybridized carbons (Fsp3) is 0.588. The van der Waals surface area contributed by atoms with Crippen molar-refractivity contribution in [1.82, 2.24) is 14.9 Å². The second-order valence-electron chi connectivity index (χ2n) is 5.90. The Bertz CT molecular complexity index is 544. The lowest BCUT2D eigenvalue weighted by atomic mass is 9.97. The van der Waals surface area contributed by atoms with E-state index < -0.39 is 5.97 Å². The summed E-state index contributed by atoms with van der Waals surface area (Å²) in [5, 5.41) is 9.08. The first-order valence-corrected chi connectivity index (χ1v) is 8.22. The number of likely N-dealkylation sites (tertiary alicyclic amines) is 1. The average Bonchev–Trinajstić information content (AvgIpc) is 2.60. The van der Waals surface area contributed by atoms with Gasteiger partial charge in [-0.15, -0.1) is 6.58 Å². The second kappa shape index (κ2) is 9.22. The lowest BCUT2D eigenvalue weighted by molar-refractivity contribution is -0.143. The van der Waals surface area contributed by atoms with Crippen LogP contribution < -0.4 is 9.47 Å².